The van der Waals surface area contributed by atoms with E-state index in [9.17, 15) is 21.6 Å². The molecule has 0 aromatic heterocycles. The summed E-state index contributed by atoms with van der Waals surface area (Å²) in [6.07, 6.45) is -4.65. The number of hydrogen-bond acceptors (Lipinski definition) is 3. The molecule has 3 aromatic carbocycles. The van der Waals surface area contributed by atoms with Gasteiger partial charge in [0.2, 0.25) is 0 Å². The van der Waals surface area contributed by atoms with Crippen LogP contribution in [0, 0.1) is 6.92 Å². The Morgan fingerprint density at radius 1 is 1.03 bits per heavy atom. The highest BCUT2D eigenvalue weighted by molar-refractivity contribution is 7.92. The third kappa shape index (κ3) is 4.09. The Morgan fingerprint density at radius 2 is 1.81 bits per heavy atom. The van der Waals surface area contributed by atoms with Crippen LogP contribution in [-0.4, -0.2) is 21.6 Å². The van der Waals surface area contributed by atoms with Crippen molar-refractivity contribution in [3.8, 4) is 16.9 Å². The van der Waals surface area contributed by atoms with Gasteiger partial charge in [-0.2, -0.15) is 13.2 Å². The van der Waals surface area contributed by atoms with Crippen molar-refractivity contribution in [1.82, 2.24) is 0 Å². The summed E-state index contributed by atoms with van der Waals surface area (Å²) in [5.74, 6) is 0.338. The zero-order valence-corrected chi connectivity index (χ0v) is 17.9. The van der Waals surface area contributed by atoms with E-state index in [4.69, 9.17) is 16.3 Å². The normalized spacial score (nSPS) is 14.2. The fourth-order valence-electron chi connectivity index (χ4n) is 3.48. The number of ether oxygens (including phenoxy) is 1. The van der Waals surface area contributed by atoms with Crippen molar-refractivity contribution >= 4 is 27.3 Å². The molecule has 0 fully saturated rings. The molecule has 3 aromatic rings. The first kappa shape index (κ1) is 21.5. The smallest absolute Gasteiger partial charge is 0.416 e. The van der Waals surface area contributed by atoms with Gasteiger partial charge < -0.3 is 4.74 Å². The van der Waals surface area contributed by atoms with Crippen LogP contribution >= 0.6 is 11.6 Å². The van der Waals surface area contributed by atoms with Gasteiger partial charge in [-0.05, 0) is 66.1 Å². The third-order valence-electron chi connectivity index (χ3n) is 5.04. The lowest BCUT2D eigenvalue weighted by molar-refractivity contribution is -0.137. The van der Waals surface area contributed by atoms with Crippen molar-refractivity contribution in [2.24, 2.45) is 0 Å². The van der Waals surface area contributed by atoms with Crippen molar-refractivity contribution in [2.45, 2.75) is 18.0 Å². The van der Waals surface area contributed by atoms with Gasteiger partial charge in [-0.3, -0.25) is 4.31 Å². The number of benzene rings is 3. The molecule has 1 aliphatic rings. The zero-order chi connectivity index (χ0) is 22.4. The molecule has 0 unspecified atom stereocenters. The maximum atomic E-state index is 13.3. The Morgan fingerprint density at radius 3 is 2.55 bits per heavy atom. The van der Waals surface area contributed by atoms with Gasteiger partial charge in [-0.15, -0.1) is 0 Å². The van der Waals surface area contributed by atoms with Crippen LogP contribution in [-0.2, 0) is 16.2 Å². The minimum absolute atomic E-state index is 0.0242. The topological polar surface area (TPSA) is 46.6 Å². The fourth-order valence-corrected chi connectivity index (χ4v) is 5.15. The van der Waals surface area contributed by atoms with E-state index in [1.54, 1.807) is 30.3 Å². The first-order valence-electron chi connectivity index (χ1n) is 9.31. The monoisotopic (exact) mass is 467 g/mol. The van der Waals surface area contributed by atoms with Crippen molar-refractivity contribution < 1.29 is 26.3 Å². The lowest BCUT2D eigenvalue weighted by Crippen LogP contribution is -2.38. The van der Waals surface area contributed by atoms with Crippen LogP contribution in [0.3, 0.4) is 0 Å². The highest BCUT2D eigenvalue weighted by Crippen LogP contribution is 2.40. The number of hydrogen-bond donors (Lipinski definition) is 0. The lowest BCUT2D eigenvalue weighted by Gasteiger charge is -2.31. The van der Waals surface area contributed by atoms with Gasteiger partial charge in [0.1, 0.15) is 12.4 Å². The summed E-state index contributed by atoms with van der Waals surface area (Å²) in [4.78, 5) is -0.431. The maximum absolute atomic E-state index is 13.3. The molecule has 0 saturated carbocycles. The summed E-state index contributed by atoms with van der Waals surface area (Å²) < 4.78 is 72.6. The second-order valence-electron chi connectivity index (χ2n) is 7.09. The van der Waals surface area contributed by atoms with Crippen LogP contribution in [0.25, 0.3) is 11.1 Å². The number of halogens is 4. The van der Waals surface area contributed by atoms with E-state index in [-0.39, 0.29) is 18.8 Å². The Labute approximate surface area is 182 Å². The second kappa shape index (κ2) is 7.76. The first-order chi connectivity index (χ1) is 14.6. The Balaban J connectivity index is 1.82. The molecule has 4 rings (SSSR count). The molecule has 162 valence electrons. The minimum Gasteiger partial charge on any atom is -0.489 e. The van der Waals surface area contributed by atoms with Crippen molar-refractivity contribution in [3.05, 3.63) is 76.8 Å². The molecule has 0 spiro atoms. The van der Waals surface area contributed by atoms with Gasteiger partial charge in [0, 0.05) is 5.02 Å². The summed E-state index contributed by atoms with van der Waals surface area (Å²) in [7, 11) is -4.25. The van der Waals surface area contributed by atoms with Crippen molar-refractivity contribution in [2.75, 3.05) is 17.5 Å². The quantitative estimate of drug-likeness (QED) is 0.480. The van der Waals surface area contributed by atoms with Gasteiger partial charge in [0.15, 0.2) is 0 Å². The number of nitrogens with zero attached hydrogens (tertiary/aromatic N) is 1. The summed E-state index contributed by atoms with van der Waals surface area (Å²) in [6, 6.07) is 14.2. The van der Waals surface area contributed by atoms with E-state index in [1.165, 1.54) is 0 Å². The fraction of sp³-hybridized carbons (Fsp3) is 0.182. The van der Waals surface area contributed by atoms with Crippen LogP contribution in [0.4, 0.5) is 18.9 Å². The number of anilines is 1. The standard InChI is InChI=1S/C22H17ClF3NO3S/c1-14-5-7-17(23)13-19(14)15-6-8-21-20(11-15)27(9-10-30-21)31(28,29)18-4-2-3-16(12-18)22(24,25)26/h2-8,11-13H,9-10H2,1H3. The van der Waals surface area contributed by atoms with Crippen molar-refractivity contribution in [3.63, 3.8) is 0 Å². The third-order valence-corrected chi connectivity index (χ3v) is 7.08. The maximum Gasteiger partial charge on any atom is 0.416 e. The SMILES string of the molecule is Cc1ccc(Cl)cc1-c1ccc2c(c1)N(S(=O)(=O)c1cccc(C(F)(F)F)c1)CCO2. The van der Waals surface area contributed by atoms with E-state index < -0.39 is 26.7 Å². The molecule has 1 aliphatic heterocycles. The number of aryl methyl sites for hydroxylation is 1. The molecular weight excluding hydrogens is 451 g/mol. The van der Waals surface area contributed by atoms with Gasteiger partial charge in [-0.25, -0.2) is 8.42 Å². The van der Waals surface area contributed by atoms with Gasteiger partial charge in [-0.1, -0.05) is 29.8 Å². The summed E-state index contributed by atoms with van der Waals surface area (Å²) in [6.45, 7) is 1.96. The predicted molar refractivity (Wildman–Crippen MR) is 113 cm³/mol. The molecule has 0 bridgehead atoms. The van der Waals surface area contributed by atoms with Crippen LogP contribution < -0.4 is 9.04 Å². The highest BCUT2D eigenvalue weighted by Gasteiger charge is 2.34. The number of fused-ring (bicyclic) bond motifs is 1. The highest BCUT2D eigenvalue weighted by atomic mass is 35.5. The van der Waals surface area contributed by atoms with Crippen molar-refractivity contribution in [1.29, 1.82) is 0 Å². The van der Waals surface area contributed by atoms with E-state index in [0.29, 0.717) is 22.4 Å². The largest absolute Gasteiger partial charge is 0.489 e. The number of rotatable bonds is 3. The van der Waals surface area contributed by atoms with E-state index in [0.717, 1.165) is 33.6 Å². The predicted octanol–water partition coefficient (Wildman–Crippen LogP) is 5.92. The van der Waals surface area contributed by atoms with Gasteiger partial charge in [0.25, 0.3) is 10.0 Å². The molecule has 1 heterocycles. The Kier molecular flexibility index (Phi) is 5.39. The molecule has 9 heteroatoms. The van der Waals surface area contributed by atoms with E-state index in [2.05, 4.69) is 0 Å². The molecule has 4 nitrogen and oxygen atoms in total. The Bertz CT molecular complexity index is 1260. The lowest BCUT2D eigenvalue weighted by atomic mass is 10.00. The summed E-state index contributed by atoms with van der Waals surface area (Å²) in [5.41, 5.74) is 1.71. The van der Waals surface area contributed by atoms with E-state index >= 15 is 0 Å². The number of sulfonamides is 1. The van der Waals surface area contributed by atoms with Gasteiger partial charge >= 0.3 is 6.18 Å². The molecule has 31 heavy (non-hydrogen) atoms. The first-order valence-corrected chi connectivity index (χ1v) is 11.1. The summed E-state index contributed by atoms with van der Waals surface area (Å²) in [5, 5.41) is 0.531. The molecule has 0 atom stereocenters. The molecule has 0 radical (unpaired) electrons. The molecule has 0 amide bonds. The average Bonchev–Trinajstić information content (AvgIpc) is 2.74. The average molecular weight is 468 g/mol. The van der Waals surface area contributed by atoms with E-state index in [1.807, 2.05) is 13.0 Å². The molecular formula is C22H17ClF3NO3S. The van der Waals surface area contributed by atoms with Crippen LogP contribution in [0.15, 0.2) is 65.6 Å². The van der Waals surface area contributed by atoms with Gasteiger partial charge in [0.05, 0.1) is 22.7 Å². The molecule has 0 aliphatic carbocycles. The second-order valence-corrected chi connectivity index (χ2v) is 9.39. The minimum atomic E-state index is -4.65. The van der Waals surface area contributed by atoms with Crippen LogP contribution in [0.1, 0.15) is 11.1 Å². The Hall–Kier alpha value is -2.71. The molecule has 0 saturated heterocycles. The number of alkyl halides is 3. The van der Waals surface area contributed by atoms with Crippen LogP contribution in [0.5, 0.6) is 5.75 Å². The zero-order valence-electron chi connectivity index (χ0n) is 16.3. The van der Waals surface area contributed by atoms with Crippen LogP contribution in [0.2, 0.25) is 5.02 Å². The molecule has 0 N–H and O–H groups in total. The summed E-state index contributed by atoms with van der Waals surface area (Å²) >= 11 is 6.12.